The van der Waals surface area contributed by atoms with Crippen molar-refractivity contribution in [3.05, 3.63) is 80.9 Å². The monoisotopic (exact) mass is 519 g/mol. The van der Waals surface area contributed by atoms with Crippen LogP contribution in [0, 0.1) is 5.92 Å². The molecule has 1 saturated carbocycles. The third-order valence-corrected chi connectivity index (χ3v) is 5.93. The Morgan fingerprint density at radius 1 is 1.14 bits per heavy atom. The number of nitrogens with one attached hydrogen (secondary N) is 1. The summed E-state index contributed by atoms with van der Waals surface area (Å²) in [5, 5.41) is 12.3. The largest absolute Gasteiger partial charge is 0.478 e. The summed E-state index contributed by atoms with van der Waals surface area (Å²) in [5.41, 5.74) is 0.532. The molecule has 1 aromatic heterocycles. The van der Waals surface area contributed by atoms with Crippen LogP contribution in [0.2, 0.25) is 5.02 Å². The molecule has 4 rings (SSSR count). The first-order valence-corrected chi connectivity index (χ1v) is 11.5. The summed E-state index contributed by atoms with van der Waals surface area (Å²) in [6, 6.07) is 11.5. The maximum atomic E-state index is 13.1. The summed E-state index contributed by atoms with van der Waals surface area (Å²) < 4.78 is 40.3. The molecule has 1 heterocycles. The van der Waals surface area contributed by atoms with Gasteiger partial charge in [0.25, 0.3) is 5.56 Å². The zero-order chi connectivity index (χ0) is 26.0. The zero-order valence-corrected chi connectivity index (χ0v) is 19.6. The molecule has 1 fully saturated rings. The summed E-state index contributed by atoms with van der Waals surface area (Å²) in [6.07, 6.45) is -4.72. The van der Waals surface area contributed by atoms with E-state index in [0.717, 1.165) is 17.4 Å². The fourth-order valence-corrected chi connectivity index (χ4v) is 3.89. The topological polar surface area (TPSA) is 101 Å². The van der Waals surface area contributed by atoms with Gasteiger partial charge in [-0.05, 0) is 48.7 Å². The quantitative estimate of drug-likeness (QED) is 0.428. The third kappa shape index (κ3) is 6.31. The van der Waals surface area contributed by atoms with Gasteiger partial charge in [-0.3, -0.25) is 14.2 Å². The minimum Gasteiger partial charge on any atom is -0.478 e. The van der Waals surface area contributed by atoms with E-state index in [-0.39, 0.29) is 35.5 Å². The van der Waals surface area contributed by atoms with Gasteiger partial charge in [-0.1, -0.05) is 23.7 Å². The summed E-state index contributed by atoms with van der Waals surface area (Å²) >= 11 is 6.09. The second kappa shape index (κ2) is 10.1. The maximum absolute atomic E-state index is 13.1. The van der Waals surface area contributed by atoms with Crippen molar-refractivity contribution in [2.45, 2.75) is 38.4 Å². The number of benzene rings is 2. The highest BCUT2D eigenvalue weighted by Crippen LogP contribution is 2.34. The van der Waals surface area contributed by atoms with Gasteiger partial charge in [0.2, 0.25) is 5.91 Å². The van der Waals surface area contributed by atoms with Crippen LogP contribution >= 0.6 is 11.6 Å². The van der Waals surface area contributed by atoms with Crippen molar-refractivity contribution in [3.63, 3.8) is 0 Å². The van der Waals surface area contributed by atoms with E-state index < -0.39 is 30.5 Å². The van der Waals surface area contributed by atoms with E-state index >= 15 is 0 Å². The molecule has 7 nitrogen and oxygen atoms in total. The Morgan fingerprint density at radius 3 is 2.56 bits per heavy atom. The molecule has 36 heavy (non-hydrogen) atoms. The molecule has 0 saturated heterocycles. The highest BCUT2D eigenvalue weighted by molar-refractivity contribution is 6.31. The lowest BCUT2D eigenvalue weighted by Gasteiger charge is -2.17. The second-order valence-electron chi connectivity index (χ2n) is 8.56. The molecule has 0 bridgehead atoms. The third-order valence-electron chi connectivity index (χ3n) is 5.70. The standard InChI is InChI=1S/C25H21ClF3N3O4/c26-17-6-7-18(19(11-17)31-23(34)15-4-5-15)20-12-22(33)32(21(30-20)8-9-25(27,28)29)13-14-2-1-3-16(10-14)24(35)36/h1-3,6-7,10-12,15H,4-5,8-9,13H2,(H,31,34)(H,35,36). The molecule has 0 unspecified atom stereocenters. The normalized spacial score (nSPS) is 13.4. The number of alkyl halides is 3. The molecule has 0 spiro atoms. The number of hydrogen-bond donors (Lipinski definition) is 2. The average Bonchev–Trinajstić information content (AvgIpc) is 3.65. The van der Waals surface area contributed by atoms with E-state index in [0.29, 0.717) is 21.8 Å². The highest BCUT2D eigenvalue weighted by Gasteiger charge is 2.31. The van der Waals surface area contributed by atoms with E-state index in [9.17, 15) is 32.7 Å². The van der Waals surface area contributed by atoms with Crippen molar-refractivity contribution < 1.29 is 27.9 Å². The lowest BCUT2D eigenvalue weighted by molar-refractivity contribution is -0.134. The fourth-order valence-electron chi connectivity index (χ4n) is 3.71. The Morgan fingerprint density at radius 2 is 1.89 bits per heavy atom. The van der Waals surface area contributed by atoms with Crippen LogP contribution in [-0.2, 0) is 17.8 Å². The van der Waals surface area contributed by atoms with Crippen molar-refractivity contribution in [1.29, 1.82) is 0 Å². The number of aromatic carboxylic acids is 1. The Kier molecular flexibility index (Phi) is 7.16. The number of aryl methyl sites for hydroxylation is 1. The number of aromatic nitrogens is 2. The van der Waals surface area contributed by atoms with Gasteiger partial charge in [0.1, 0.15) is 5.82 Å². The molecule has 2 aromatic carbocycles. The van der Waals surface area contributed by atoms with Crippen molar-refractivity contribution in [1.82, 2.24) is 9.55 Å². The smallest absolute Gasteiger partial charge is 0.389 e. The fraction of sp³-hybridized carbons (Fsp3) is 0.280. The number of rotatable bonds is 8. The van der Waals surface area contributed by atoms with Crippen LogP contribution in [0.25, 0.3) is 11.3 Å². The van der Waals surface area contributed by atoms with Crippen molar-refractivity contribution in [2.24, 2.45) is 5.92 Å². The van der Waals surface area contributed by atoms with Crippen LogP contribution in [0.15, 0.2) is 53.3 Å². The number of carboxylic acid groups (broad SMARTS) is 1. The summed E-state index contributed by atoms with van der Waals surface area (Å²) in [4.78, 5) is 41.1. The summed E-state index contributed by atoms with van der Waals surface area (Å²) in [6.45, 7) is -0.160. The predicted molar refractivity (Wildman–Crippen MR) is 127 cm³/mol. The predicted octanol–water partition coefficient (Wildman–Crippen LogP) is 5.15. The van der Waals surface area contributed by atoms with E-state index in [2.05, 4.69) is 10.3 Å². The van der Waals surface area contributed by atoms with Crippen LogP contribution in [0.3, 0.4) is 0 Å². The van der Waals surface area contributed by atoms with Crippen molar-refractivity contribution in [3.8, 4) is 11.3 Å². The van der Waals surface area contributed by atoms with E-state index in [4.69, 9.17) is 11.6 Å². The Balaban J connectivity index is 1.76. The Bertz CT molecular complexity index is 1380. The first-order valence-electron chi connectivity index (χ1n) is 11.1. The number of carbonyl (C=O) groups is 2. The van der Waals surface area contributed by atoms with Crippen LogP contribution in [0.5, 0.6) is 0 Å². The molecule has 1 aliphatic rings. The first kappa shape index (κ1) is 25.4. The molecule has 188 valence electrons. The van der Waals surface area contributed by atoms with Gasteiger partial charge in [-0.25, -0.2) is 9.78 Å². The van der Waals surface area contributed by atoms with Gasteiger partial charge in [0, 0.05) is 29.0 Å². The van der Waals surface area contributed by atoms with Crippen LogP contribution < -0.4 is 10.9 Å². The molecule has 11 heteroatoms. The number of hydrogen-bond acceptors (Lipinski definition) is 4. The molecule has 1 amide bonds. The average molecular weight is 520 g/mol. The lowest BCUT2D eigenvalue weighted by atomic mass is 10.1. The minimum absolute atomic E-state index is 0.0146. The van der Waals surface area contributed by atoms with Gasteiger partial charge in [0.15, 0.2) is 0 Å². The SMILES string of the molecule is O=C(O)c1cccc(Cn2c(CCC(F)(F)F)nc(-c3ccc(Cl)cc3NC(=O)C3CC3)cc2=O)c1. The molecule has 1 aliphatic carbocycles. The molecule has 0 atom stereocenters. The van der Waals surface area contributed by atoms with Gasteiger partial charge >= 0.3 is 12.1 Å². The molecule has 2 N–H and O–H groups in total. The number of halogens is 4. The molecular formula is C25H21ClF3N3O4. The zero-order valence-electron chi connectivity index (χ0n) is 18.8. The molecular weight excluding hydrogens is 499 g/mol. The minimum atomic E-state index is -4.48. The summed E-state index contributed by atoms with van der Waals surface area (Å²) in [7, 11) is 0. The summed E-state index contributed by atoms with van der Waals surface area (Å²) in [5.74, 6) is -1.60. The highest BCUT2D eigenvalue weighted by atomic mass is 35.5. The maximum Gasteiger partial charge on any atom is 0.389 e. The molecule has 0 radical (unpaired) electrons. The van der Waals surface area contributed by atoms with Crippen molar-refractivity contribution in [2.75, 3.05) is 5.32 Å². The van der Waals surface area contributed by atoms with E-state index in [1.807, 2.05) is 0 Å². The Labute approximate surface area is 208 Å². The number of carboxylic acids is 1. The van der Waals surface area contributed by atoms with E-state index in [1.165, 1.54) is 36.4 Å². The second-order valence-corrected chi connectivity index (χ2v) is 8.99. The van der Waals surface area contributed by atoms with Crippen molar-refractivity contribution >= 4 is 29.2 Å². The molecule has 3 aromatic rings. The van der Waals surface area contributed by atoms with Crippen LogP contribution in [-0.4, -0.2) is 32.7 Å². The number of anilines is 1. The number of carbonyl (C=O) groups excluding carboxylic acids is 1. The number of amides is 1. The Hall–Kier alpha value is -3.66. The number of nitrogens with zero attached hydrogens (tertiary/aromatic N) is 2. The van der Waals surface area contributed by atoms with Crippen LogP contribution in [0.1, 0.15) is 41.0 Å². The van der Waals surface area contributed by atoms with Gasteiger partial charge in [-0.15, -0.1) is 0 Å². The first-order chi connectivity index (χ1) is 17.0. The van der Waals surface area contributed by atoms with Crippen LogP contribution in [0.4, 0.5) is 18.9 Å². The lowest BCUT2D eigenvalue weighted by Crippen LogP contribution is -2.27. The van der Waals surface area contributed by atoms with E-state index in [1.54, 1.807) is 12.1 Å². The van der Waals surface area contributed by atoms with Gasteiger partial charge < -0.3 is 10.4 Å². The van der Waals surface area contributed by atoms with Gasteiger partial charge in [-0.2, -0.15) is 13.2 Å². The molecule has 0 aliphatic heterocycles. The van der Waals surface area contributed by atoms with Gasteiger partial charge in [0.05, 0.1) is 29.9 Å².